The lowest BCUT2D eigenvalue weighted by molar-refractivity contribution is -0.148. The van der Waals surface area contributed by atoms with Gasteiger partial charge in [0.2, 0.25) is 0 Å². The summed E-state index contributed by atoms with van der Waals surface area (Å²) >= 11 is 0. The van der Waals surface area contributed by atoms with Crippen molar-refractivity contribution >= 4 is 5.97 Å². The van der Waals surface area contributed by atoms with Crippen molar-refractivity contribution in [2.24, 2.45) is 0 Å². The molecule has 1 unspecified atom stereocenters. The molecule has 0 aliphatic heterocycles. The van der Waals surface area contributed by atoms with Crippen LogP contribution in [0.4, 0.5) is 0 Å². The molecule has 17 nitrogen and oxygen atoms in total. The van der Waals surface area contributed by atoms with E-state index in [9.17, 15) is 4.79 Å². The number of aliphatic hydroxyl groups is 2. The van der Waals surface area contributed by atoms with E-state index in [0.29, 0.717) is 159 Å². The first-order valence-electron chi connectivity index (χ1n) is 22.2. The summed E-state index contributed by atoms with van der Waals surface area (Å²) in [4.78, 5) is 11.4. The third kappa shape index (κ3) is 52.9. The standard InChI is InChI=1S/C42H84O17/c1-2-3-4-5-6-7-8-9-10-11-13-46-15-17-48-19-21-50-23-25-52-27-29-54-31-33-56-35-37-58-38-36-57-34-32-55-30-28-53-26-24-51-22-20-49-18-16-47-14-12-42(45)59-40-41(44)39-43/h41,43-44H,2-40H2,1H3. The molecule has 0 saturated carbocycles. The third-order valence-electron chi connectivity index (χ3n) is 8.20. The monoisotopic (exact) mass is 861 g/mol. The van der Waals surface area contributed by atoms with Gasteiger partial charge in [-0.15, -0.1) is 0 Å². The maximum absolute atomic E-state index is 11.4. The largest absolute Gasteiger partial charge is 0.463 e. The van der Waals surface area contributed by atoms with Crippen LogP contribution in [0, 0.1) is 0 Å². The van der Waals surface area contributed by atoms with Gasteiger partial charge in [-0.1, -0.05) is 64.7 Å². The molecule has 0 radical (unpaired) electrons. The Balaban J connectivity index is 3.09. The SMILES string of the molecule is CCCCCCCCCCCCOCCOCCOCCOCCOCCOCCOCCOCCOCCOCCOCCOCCOCCC(=O)OCC(O)CO. The molecule has 0 rings (SSSR count). The lowest BCUT2D eigenvalue weighted by Crippen LogP contribution is -2.22. The minimum Gasteiger partial charge on any atom is -0.463 e. The summed E-state index contributed by atoms with van der Waals surface area (Å²) in [5.74, 6) is -0.496. The average Bonchev–Trinajstić information content (AvgIpc) is 3.25. The molecule has 0 bridgehead atoms. The van der Waals surface area contributed by atoms with Crippen molar-refractivity contribution in [3.63, 3.8) is 0 Å². The van der Waals surface area contributed by atoms with Gasteiger partial charge >= 0.3 is 5.97 Å². The first-order chi connectivity index (χ1) is 29.2. The van der Waals surface area contributed by atoms with Crippen LogP contribution < -0.4 is 0 Å². The lowest BCUT2D eigenvalue weighted by Gasteiger charge is -2.09. The summed E-state index contributed by atoms with van der Waals surface area (Å²) in [6, 6.07) is 0. The van der Waals surface area contributed by atoms with Crippen molar-refractivity contribution in [1.29, 1.82) is 0 Å². The van der Waals surface area contributed by atoms with E-state index in [4.69, 9.17) is 76.5 Å². The van der Waals surface area contributed by atoms with E-state index in [1.54, 1.807) is 0 Å². The van der Waals surface area contributed by atoms with Crippen molar-refractivity contribution in [3.8, 4) is 0 Å². The number of unbranched alkanes of at least 4 members (excludes halogenated alkanes) is 9. The fourth-order valence-corrected chi connectivity index (χ4v) is 4.90. The predicted octanol–water partition coefficient (Wildman–Crippen LogP) is 3.41. The van der Waals surface area contributed by atoms with Crippen LogP contribution in [0.15, 0.2) is 0 Å². The minimum atomic E-state index is -1.06. The maximum atomic E-state index is 11.4. The number of ether oxygens (including phenoxy) is 14. The van der Waals surface area contributed by atoms with Crippen LogP contribution >= 0.6 is 0 Å². The van der Waals surface area contributed by atoms with Crippen LogP contribution in [0.25, 0.3) is 0 Å². The van der Waals surface area contributed by atoms with E-state index in [1.807, 2.05) is 0 Å². The molecule has 0 aliphatic rings. The van der Waals surface area contributed by atoms with Gasteiger partial charge in [0.1, 0.15) is 12.7 Å². The highest BCUT2D eigenvalue weighted by atomic mass is 16.6. The van der Waals surface area contributed by atoms with Gasteiger partial charge in [0.15, 0.2) is 0 Å². The molecule has 0 aromatic rings. The molecule has 0 aromatic carbocycles. The highest BCUT2D eigenvalue weighted by molar-refractivity contribution is 5.69. The molecule has 0 heterocycles. The van der Waals surface area contributed by atoms with Crippen LogP contribution in [-0.2, 0) is 71.1 Å². The van der Waals surface area contributed by atoms with Gasteiger partial charge in [-0.3, -0.25) is 4.79 Å². The molecule has 17 heteroatoms. The first kappa shape index (κ1) is 57.9. The normalized spacial score (nSPS) is 12.1. The highest BCUT2D eigenvalue weighted by Gasteiger charge is 2.07. The lowest BCUT2D eigenvalue weighted by atomic mass is 10.1. The molecule has 0 aliphatic carbocycles. The zero-order chi connectivity index (χ0) is 42.6. The summed E-state index contributed by atoms with van der Waals surface area (Å²) < 4.78 is 76.1. The first-order valence-corrected chi connectivity index (χ1v) is 22.2. The molecule has 0 spiro atoms. The second-order valence-corrected chi connectivity index (χ2v) is 13.4. The van der Waals surface area contributed by atoms with Crippen LogP contribution in [0.2, 0.25) is 0 Å². The number of esters is 1. The summed E-state index contributed by atoms with van der Waals surface area (Å²) in [5, 5.41) is 17.8. The number of aliphatic hydroxyl groups excluding tert-OH is 2. The van der Waals surface area contributed by atoms with Crippen LogP contribution in [-0.4, -0.2) is 207 Å². The van der Waals surface area contributed by atoms with Crippen molar-refractivity contribution in [2.75, 3.05) is 185 Å². The molecule has 1 atom stereocenters. The summed E-state index contributed by atoms with van der Waals surface area (Å²) in [5.41, 5.74) is 0. The smallest absolute Gasteiger partial charge is 0.308 e. The Morgan fingerprint density at radius 1 is 0.356 bits per heavy atom. The zero-order valence-electron chi connectivity index (χ0n) is 36.7. The number of hydrogen-bond acceptors (Lipinski definition) is 17. The van der Waals surface area contributed by atoms with Crippen molar-refractivity contribution in [3.05, 3.63) is 0 Å². The molecule has 354 valence electrons. The van der Waals surface area contributed by atoms with E-state index in [0.717, 1.165) is 13.0 Å². The number of hydrogen-bond donors (Lipinski definition) is 2. The summed E-state index contributed by atoms with van der Waals surface area (Å²) in [6.45, 7) is 14.4. The van der Waals surface area contributed by atoms with Gasteiger partial charge in [-0.05, 0) is 6.42 Å². The number of rotatable bonds is 53. The highest BCUT2D eigenvalue weighted by Crippen LogP contribution is 2.10. The topological polar surface area (TPSA) is 187 Å². The fraction of sp³-hybridized carbons (Fsp3) is 0.976. The molecule has 2 N–H and O–H groups in total. The Morgan fingerprint density at radius 2 is 0.593 bits per heavy atom. The van der Waals surface area contributed by atoms with E-state index >= 15 is 0 Å². The molecule has 0 aromatic heterocycles. The van der Waals surface area contributed by atoms with Gasteiger partial charge in [0.05, 0.1) is 178 Å². The van der Waals surface area contributed by atoms with Crippen molar-refractivity contribution in [1.82, 2.24) is 0 Å². The molecule has 59 heavy (non-hydrogen) atoms. The maximum Gasteiger partial charge on any atom is 0.308 e. The van der Waals surface area contributed by atoms with E-state index in [2.05, 4.69) is 6.92 Å². The Morgan fingerprint density at radius 3 is 0.864 bits per heavy atom. The average molecular weight is 861 g/mol. The number of carbonyl (C=O) groups is 1. The Hall–Kier alpha value is -1.13. The predicted molar refractivity (Wildman–Crippen MR) is 221 cm³/mol. The fourth-order valence-electron chi connectivity index (χ4n) is 4.90. The summed E-state index contributed by atoms with van der Waals surface area (Å²) in [6.07, 6.45) is 12.4. The van der Waals surface area contributed by atoms with Crippen molar-refractivity contribution < 1.29 is 81.3 Å². The molecular formula is C42H84O17. The van der Waals surface area contributed by atoms with Gasteiger partial charge in [0.25, 0.3) is 0 Å². The van der Waals surface area contributed by atoms with Crippen LogP contribution in [0.1, 0.15) is 77.6 Å². The second-order valence-electron chi connectivity index (χ2n) is 13.4. The minimum absolute atomic E-state index is 0.0656. The van der Waals surface area contributed by atoms with Crippen LogP contribution in [0.3, 0.4) is 0 Å². The van der Waals surface area contributed by atoms with E-state index in [-0.39, 0.29) is 19.6 Å². The van der Waals surface area contributed by atoms with E-state index < -0.39 is 18.7 Å². The zero-order valence-corrected chi connectivity index (χ0v) is 36.7. The molecule has 0 amide bonds. The molecular weight excluding hydrogens is 776 g/mol. The quantitative estimate of drug-likeness (QED) is 0.0669. The Kier molecular flexibility index (Phi) is 52.0. The van der Waals surface area contributed by atoms with Gasteiger partial charge in [0, 0.05) is 6.61 Å². The van der Waals surface area contributed by atoms with Gasteiger partial charge in [-0.2, -0.15) is 0 Å². The van der Waals surface area contributed by atoms with Crippen molar-refractivity contribution in [2.45, 2.75) is 83.7 Å². The molecule has 0 saturated heterocycles. The Labute approximate surface area is 355 Å². The molecule has 0 fully saturated rings. The van der Waals surface area contributed by atoms with E-state index in [1.165, 1.54) is 57.8 Å². The Bertz CT molecular complexity index is 785. The third-order valence-corrected chi connectivity index (χ3v) is 8.20. The second kappa shape index (κ2) is 53.0. The van der Waals surface area contributed by atoms with Gasteiger partial charge < -0.3 is 76.5 Å². The number of carbonyl (C=O) groups excluding carboxylic acids is 1. The van der Waals surface area contributed by atoms with Crippen LogP contribution in [0.5, 0.6) is 0 Å². The van der Waals surface area contributed by atoms with Gasteiger partial charge in [-0.25, -0.2) is 0 Å². The summed E-state index contributed by atoms with van der Waals surface area (Å²) in [7, 11) is 0.